The quantitative estimate of drug-likeness (QED) is 0.791. The zero-order valence-corrected chi connectivity index (χ0v) is 12.1. The average molecular weight is 325 g/mol. The molecule has 0 fully saturated rings. The lowest BCUT2D eigenvalue weighted by Crippen LogP contribution is -2.04. The number of carbonyl (C=O) groups is 1. The Morgan fingerprint density at radius 2 is 2.11 bits per heavy atom. The first kappa shape index (κ1) is 13.2. The minimum atomic E-state index is 0.0645. The van der Waals surface area contributed by atoms with Crippen LogP contribution >= 0.6 is 27.5 Å². The van der Waals surface area contributed by atoms with Crippen LogP contribution in [0.5, 0.6) is 0 Å². The molecule has 0 amide bonds. The van der Waals surface area contributed by atoms with Gasteiger partial charge in [0.15, 0.2) is 5.78 Å². The summed E-state index contributed by atoms with van der Waals surface area (Å²) in [5, 5.41) is 0.677. The van der Waals surface area contributed by atoms with E-state index >= 15 is 0 Å². The first-order chi connectivity index (χ1) is 8.56. The number of Topliss-reactive ketones (excluding diaryl/α,β-unsaturated/α-hetero) is 1. The summed E-state index contributed by atoms with van der Waals surface area (Å²) in [6, 6.07) is 7.22. The highest BCUT2D eigenvalue weighted by atomic mass is 79.9. The lowest BCUT2D eigenvalue weighted by atomic mass is 10.0. The lowest BCUT2D eigenvalue weighted by Gasteiger charge is -2.04. The van der Waals surface area contributed by atoms with Crippen LogP contribution < -0.4 is 0 Å². The van der Waals surface area contributed by atoms with Crippen LogP contribution in [0.4, 0.5) is 0 Å². The second kappa shape index (κ2) is 5.63. The molecule has 92 valence electrons. The first-order valence-corrected chi connectivity index (χ1v) is 6.62. The van der Waals surface area contributed by atoms with E-state index in [-0.39, 0.29) is 5.78 Å². The van der Waals surface area contributed by atoms with Crippen molar-refractivity contribution < 1.29 is 4.79 Å². The zero-order valence-electron chi connectivity index (χ0n) is 9.78. The van der Waals surface area contributed by atoms with Gasteiger partial charge >= 0.3 is 0 Å². The van der Waals surface area contributed by atoms with Gasteiger partial charge < -0.3 is 0 Å². The van der Waals surface area contributed by atoms with Crippen molar-refractivity contribution in [3.8, 4) is 0 Å². The molecule has 0 saturated heterocycles. The van der Waals surface area contributed by atoms with Gasteiger partial charge in [-0.25, -0.2) is 0 Å². The van der Waals surface area contributed by atoms with Crippen molar-refractivity contribution in [2.24, 2.45) is 0 Å². The van der Waals surface area contributed by atoms with Crippen molar-refractivity contribution in [1.29, 1.82) is 0 Å². The predicted octanol–water partition coefficient (Wildman–Crippen LogP) is 4.23. The fraction of sp³-hybridized carbons (Fsp3) is 0.143. The fourth-order valence-electron chi connectivity index (χ4n) is 1.66. The van der Waals surface area contributed by atoms with Gasteiger partial charge in [0.05, 0.1) is 0 Å². The summed E-state index contributed by atoms with van der Waals surface area (Å²) in [5.74, 6) is 0.0645. The Morgan fingerprint density at radius 1 is 1.33 bits per heavy atom. The largest absolute Gasteiger partial charge is 0.294 e. The summed E-state index contributed by atoms with van der Waals surface area (Å²) in [6.07, 6.45) is 3.74. The minimum Gasteiger partial charge on any atom is -0.294 e. The number of aryl methyl sites for hydroxylation is 1. The lowest BCUT2D eigenvalue weighted by molar-refractivity contribution is 0.0993. The molecular formula is C14H11BrClNO. The van der Waals surface area contributed by atoms with Crippen molar-refractivity contribution in [3.63, 3.8) is 0 Å². The summed E-state index contributed by atoms with van der Waals surface area (Å²) in [5.41, 5.74) is 2.48. The number of hydrogen-bond donors (Lipinski definition) is 0. The Hall–Kier alpha value is -1.19. The van der Waals surface area contributed by atoms with Gasteiger partial charge in [-0.3, -0.25) is 9.78 Å². The number of carbonyl (C=O) groups excluding carboxylic acids is 1. The van der Waals surface area contributed by atoms with Gasteiger partial charge in [-0.1, -0.05) is 11.6 Å². The van der Waals surface area contributed by atoms with Gasteiger partial charge in [0, 0.05) is 33.9 Å². The molecule has 1 aromatic heterocycles. The number of nitrogens with zero attached hydrogens (tertiary/aromatic N) is 1. The third kappa shape index (κ3) is 3.18. The maximum absolute atomic E-state index is 12.1. The highest BCUT2D eigenvalue weighted by Crippen LogP contribution is 2.18. The predicted molar refractivity (Wildman–Crippen MR) is 76.2 cm³/mol. The van der Waals surface area contributed by atoms with E-state index in [0.29, 0.717) is 17.0 Å². The standard InChI is InChI=1S/C14H11BrClNO/c1-9-4-11(2-3-13(9)16)14(18)6-10-5-12(15)8-17-7-10/h2-5,7-8H,6H2,1H3. The van der Waals surface area contributed by atoms with Crippen LogP contribution in [0, 0.1) is 6.92 Å². The molecule has 0 unspecified atom stereocenters. The smallest absolute Gasteiger partial charge is 0.167 e. The average Bonchev–Trinajstić information content (AvgIpc) is 2.32. The summed E-state index contributed by atoms with van der Waals surface area (Å²) < 4.78 is 0.875. The van der Waals surface area contributed by atoms with Crippen molar-refractivity contribution >= 4 is 33.3 Å². The first-order valence-electron chi connectivity index (χ1n) is 5.45. The molecule has 1 aromatic carbocycles. The number of pyridine rings is 1. The Labute approximate surface area is 119 Å². The number of hydrogen-bond acceptors (Lipinski definition) is 2. The van der Waals surface area contributed by atoms with Gasteiger partial charge in [-0.2, -0.15) is 0 Å². The van der Waals surface area contributed by atoms with Gasteiger partial charge in [0.25, 0.3) is 0 Å². The molecule has 0 aliphatic rings. The van der Waals surface area contributed by atoms with E-state index in [1.807, 2.05) is 19.1 Å². The SMILES string of the molecule is Cc1cc(C(=O)Cc2cncc(Br)c2)ccc1Cl. The highest BCUT2D eigenvalue weighted by molar-refractivity contribution is 9.10. The summed E-state index contributed by atoms with van der Waals surface area (Å²) in [7, 11) is 0. The molecule has 2 nitrogen and oxygen atoms in total. The number of ketones is 1. The van der Waals surface area contributed by atoms with Crippen LogP contribution in [0.2, 0.25) is 5.02 Å². The Bertz CT molecular complexity index is 598. The van der Waals surface area contributed by atoms with Crippen LogP contribution in [0.15, 0.2) is 41.1 Å². The van der Waals surface area contributed by atoms with Crippen LogP contribution in [-0.2, 0) is 6.42 Å². The van der Waals surface area contributed by atoms with Crippen LogP contribution in [0.1, 0.15) is 21.5 Å². The van der Waals surface area contributed by atoms with E-state index < -0.39 is 0 Å². The van der Waals surface area contributed by atoms with E-state index in [1.165, 1.54) is 0 Å². The van der Waals surface area contributed by atoms with E-state index in [2.05, 4.69) is 20.9 Å². The monoisotopic (exact) mass is 323 g/mol. The maximum atomic E-state index is 12.1. The summed E-state index contributed by atoms with van der Waals surface area (Å²) in [6.45, 7) is 1.89. The number of halogens is 2. The molecule has 18 heavy (non-hydrogen) atoms. The maximum Gasteiger partial charge on any atom is 0.167 e. The normalized spacial score (nSPS) is 10.4. The summed E-state index contributed by atoms with van der Waals surface area (Å²) in [4.78, 5) is 16.1. The van der Waals surface area contributed by atoms with Crippen molar-refractivity contribution in [2.45, 2.75) is 13.3 Å². The van der Waals surface area contributed by atoms with E-state index in [1.54, 1.807) is 24.5 Å². The third-order valence-electron chi connectivity index (χ3n) is 2.61. The van der Waals surface area contributed by atoms with Gasteiger partial charge in [-0.05, 0) is 58.2 Å². The fourth-order valence-corrected chi connectivity index (χ4v) is 2.19. The topological polar surface area (TPSA) is 30.0 Å². The highest BCUT2D eigenvalue weighted by Gasteiger charge is 2.09. The molecule has 1 heterocycles. The Kier molecular flexibility index (Phi) is 4.15. The van der Waals surface area contributed by atoms with Crippen LogP contribution in [-0.4, -0.2) is 10.8 Å². The van der Waals surface area contributed by atoms with E-state index in [9.17, 15) is 4.79 Å². The minimum absolute atomic E-state index is 0.0645. The van der Waals surface area contributed by atoms with E-state index in [0.717, 1.165) is 15.6 Å². The molecule has 0 saturated carbocycles. The Balaban J connectivity index is 2.19. The van der Waals surface area contributed by atoms with Crippen LogP contribution in [0.25, 0.3) is 0 Å². The Morgan fingerprint density at radius 3 is 2.78 bits per heavy atom. The van der Waals surface area contributed by atoms with Crippen LogP contribution in [0.3, 0.4) is 0 Å². The van der Waals surface area contributed by atoms with Gasteiger partial charge in [0.2, 0.25) is 0 Å². The molecule has 0 aliphatic carbocycles. The molecule has 4 heteroatoms. The molecule has 0 spiro atoms. The third-order valence-corrected chi connectivity index (χ3v) is 3.46. The number of aromatic nitrogens is 1. The summed E-state index contributed by atoms with van der Waals surface area (Å²) >= 11 is 9.28. The van der Waals surface area contributed by atoms with Crippen molar-refractivity contribution in [2.75, 3.05) is 0 Å². The molecule has 0 aliphatic heterocycles. The zero-order chi connectivity index (χ0) is 13.1. The second-order valence-electron chi connectivity index (χ2n) is 4.08. The molecule has 0 atom stereocenters. The van der Waals surface area contributed by atoms with Crippen molar-refractivity contribution in [1.82, 2.24) is 4.98 Å². The van der Waals surface area contributed by atoms with Crippen molar-refractivity contribution in [3.05, 3.63) is 62.8 Å². The second-order valence-corrected chi connectivity index (χ2v) is 5.40. The van der Waals surface area contributed by atoms with Gasteiger partial charge in [0.1, 0.15) is 0 Å². The van der Waals surface area contributed by atoms with E-state index in [4.69, 9.17) is 11.6 Å². The molecule has 0 N–H and O–H groups in total. The molecule has 2 rings (SSSR count). The molecule has 0 radical (unpaired) electrons. The number of benzene rings is 1. The molecule has 2 aromatic rings. The molecular weight excluding hydrogens is 314 g/mol. The molecule has 0 bridgehead atoms. The van der Waals surface area contributed by atoms with Gasteiger partial charge in [-0.15, -0.1) is 0 Å². The number of rotatable bonds is 3.